The maximum atomic E-state index is 12.7. The number of nitriles is 1. The Bertz CT molecular complexity index is 1200. The van der Waals surface area contributed by atoms with Crippen LogP contribution in [-0.4, -0.2) is 52.0 Å². The fraction of sp³-hybridized carbons (Fsp3) is 0.423. The smallest absolute Gasteiger partial charge is 0.270 e. The van der Waals surface area contributed by atoms with E-state index in [2.05, 4.69) is 38.2 Å². The highest BCUT2D eigenvalue weighted by molar-refractivity contribution is 7.15. The summed E-state index contributed by atoms with van der Waals surface area (Å²) >= 11 is 1.70. The van der Waals surface area contributed by atoms with E-state index in [1.807, 2.05) is 31.3 Å². The number of likely N-dealkylation sites (tertiary alicyclic amines) is 1. The molecule has 1 fully saturated rings. The minimum Gasteiger partial charge on any atom is -0.477 e. The van der Waals surface area contributed by atoms with Crippen LogP contribution in [0.15, 0.2) is 36.7 Å². The van der Waals surface area contributed by atoms with E-state index < -0.39 is 0 Å². The summed E-state index contributed by atoms with van der Waals surface area (Å²) in [7, 11) is 0. The van der Waals surface area contributed by atoms with E-state index in [-0.39, 0.29) is 17.5 Å². The van der Waals surface area contributed by atoms with Gasteiger partial charge >= 0.3 is 0 Å². The average molecular weight is 491 g/mol. The molecule has 0 aliphatic carbocycles. The standard InChI is InChI=1S/C26H30N6O2S/c1-4-34-25-20(14-27)17(2)13-22(31-25)24(33)29-15-19-8-11-32(12-9-19)18(3)23-16-30-26(35-23)21-7-5-6-10-28-21/h5-7,10,13,16,18-19H,4,8-9,11-12,15H2,1-3H3,(H,29,33). The Morgan fingerprint density at radius 2 is 2.14 bits per heavy atom. The molecule has 1 N–H and O–H groups in total. The monoisotopic (exact) mass is 490 g/mol. The summed E-state index contributed by atoms with van der Waals surface area (Å²) in [6, 6.07) is 9.92. The summed E-state index contributed by atoms with van der Waals surface area (Å²) in [5, 5.41) is 13.3. The van der Waals surface area contributed by atoms with Gasteiger partial charge in [-0.05, 0) is 76.4 Å². The molecule has 4 rings (SSSR count). The number of nitrogens with one attached hydrogen (secondary N) is 1. The van der Waals surface area contributed by atoms with Crippen molar-refractivity contribution in [3.05, 3.63) is 58.4 Å². The lowest BCUT2D eigenvalue weighted by Crippen LogP contribution is -2.39. The third-order valence-electron chi connectivity index (χ3n) is 6.38. The Labute approximate surface area is 210 Å². The first-order valence-electron chi connectivity index (χ1n) is 11.9. The predicted molar refractivity (Wildman–Crippen MR) is 135 cm³/mol. The Kier molecular flexibility index (Phi) is 8.06. The van der Waals surface area contributed by atoms with Gasteiger partial charge in [-0.2, -0.15) is 5.26 Å². The van der Waals surface area contributed by atoms with Crippen molar-refractivity contribution in [2.24, 2.45) is 5.92 Å². The molecule has 1 aliphatic heterocycles. The summed E-state index contributed by atoms with van der Waals surface area (Å²) in [5.74, 6) is 0.400. The number of aryl methyl sites for hydroxylation is 1. The van der Waals surface area contributed by atoms with Gasteiger partial charge < -0.3 is 10.1 Å². The van der Waals surface area contributed by atoms with Crippen LogP contribution >= 0.6 is 11.3 Å². The maximum absolute atomic E-state index is 12.7. The van der Waals surface area contributed by atoms with E-state index in [9.17, 15) is 10.1 Å². The van der Waals surface area contributed by atoms with Crippen LogP contribution in [0.1, 0.15) is 59.2 Å². The zero-order valence-electron chi connectivity index (χ0n) is 20.3. The van der Waals surface area contributed by atoms with Gasteiger partial charge in [-0.25, -0.2) is 9.97 Å². The van der Waals surface area contributed by atoms with Crippen LogP contribution in [0.25, 0.3) is 10.7 Å². The zero-order chi connectivity index (χ0) is 24.8. The van der Waals surface area contributed by atoms with Crippen molar-refractivity contribution in [2.45, 2.75) is 39.7 Å². The molecular formula is C26H30N6O2S. The summed E-state index contributed by atoms with van der Waals surface area (Å²) in [6.45, 7) is 8.78. The van der Waals surface area contributed by atoms with Crippen LogP contribution in [0.2, 0.25) is 0 Å². The lowest BCUT2D eigenvalue weighted by Gasteiger charge is -2.35. The number of carbonyl (C=O) groups is 1. The first-order valence-corrected chi connectivity index (χ1v) is 12.8. The molecule has 3 aromatic heterocycles. The van der Waals surface area contributed by atoms with E-state index in [0.717, 1.165) is 36.6 Å². The lowest BCUT2D eigenvalue weighted by atomic mass is 9.95. The number of pyridine rings is 2. The molecule has 9 heteroatoms. The normalized spacial score (nSPS) is 15.4. The highest BCUT2D eigenvalue weighted by Gasteiger charge is 2.26. The van der Waals surface area contributed by atoms with Crippen molar-refractivity contribution in [3.63, 3.8) is 0 Å². The van der Waals surface area contributed by atoms with Gasteiger partial charge in [0.25, 0.3) is 5.91 Å². The largest absolute Gasteiger partial charge is 0.477 e. The topological polar surface area (TPSA) is 104 Å². The van der Waals surface area contributed by atoms with E-state index in [4.69, 9.17) is 4.74 Å². The molecule has 8 nitrogen and oxygen atoms in total. The summed E-state index contributed by atoms with van der Waals surface area (Å²) in [4.78, 5) is 29.7. The molecule has 3 aromatic rings. The van der Waals surface area contributed by atoms with E-state index in [0.29, 0.717) is 36.2 Å². The molecule has 1 aliphatic rings. The Balaban J connectivity index is 1.29. The van der Waals surface area contributed by atoms with Gasteiger partial charge in [0.15, 0.2) is 0 Å². The van der Waals surface area contributed by atoms with Crippen molar-refractivity contribution in [3.8, 4) is 22.7 Å². The number of carbonyl (C=O) groups excluding carboxylic acids is 1. The molecule has 1 unspecified atom stereocenters. The van der Waals surface area contributed by atoms with E-state index in [1.54, 1.807) is 30.5 Å². The molecular weight excluding hydrogens is 460 g/mol. The number of thiazole rings is 1. The van der Waals surface area contributed by atoms with Crippen LogP contribution in [0.5, 0.6) is 5.88 Å². The Morgan fingerprint density at radius 1 is 1.34 bits per heavy atom. The van der Waals surface area contributed by atoms with Gasteiger partial charge in [-0.1, -0.05) is 6.07 Å². The van der Waals surface area contributed by atoms with Gasteiger partial charge in [0.05, 0.1) is 12.3 Å². The van der Waals surface area contributed by atoms with Crippen molar-refractivity contribution < 1.29 is 9.53 Å². The van der Waals surface area contributed by atoms with Gasteiger partial charge in [-0.15, -0.1) is 11.3 Å². The summed E-state index contributed by atoms with van der Waals surface area (Å²) in [5.41, 5.74) is 2.25. The third kappa shape index (κ3) is 5.84. The van der Waals surface area contributed by atoms with Crippen molar-refractivity contribution in [1.82, 2.24) is 25.2 Å². The second-order valence-corrected chi connectivity index (χ2v) is 9.76. The quantitative estimate of drug-likeness (QED) is 0.500. The fourth-order valence-corrected chi connectivity index (χ4v) is 5.26. The van der Waals surface area contributed by atoms with E-state index >= 15 is 0 Å². The van der Waals surface area contributed by atoms with Crippen LogP contribution < -0.4 is 10.1 Å². The number of hydrogen-bond donors (Lipinski definition) is 1. The number of aromatic nitrogens is 3. The Morgan fingerprint density at radius 3 is 2.83 bits per heavy atom. The van der Waals surface area contributed by atoms with Gasteiger partial charge in [-0.3, -0.25) is 14.7 Å². The number of amides is 1. The van der Waals surface area contributed by atoms with E-state index in [1.165, 1.54) is 4.88 Å². The molecule has 0 aromatic carbocycles. The van der Waals surface area contributed by atoms with Crippen LogP contribution in [-0.2, 0) is 0 Å². The molecule has 1 saturated heterocycles. The van der Waals surface area contributed by atoms with Crippen molar-refractivity contribution in [2.75, 3.05) is 26.2 Å². The second kappa shape index (κ2) is 11.4. The van der Waals surface area contributed by atoms with Gasteiger partial charge in [0, 0.05) is 29.9 Å². The number of ether oxygens (including phenoxy) is 1. The lowest BCUT2D eigenvalue weighted by molar-refractivity contribution is 0.0921. The molecule has 1 atom stereocenters. The Hall–Kier alpha value is -3.35. The zero-order valence-corrected chi connectivity index (χ0v) is 21.1. The molecule has 35 heavy (non-hydrogen) atoms. The molecule has 0 saturated carbocycles. The number of hydrogen-bond acceptors (Lipinski definition) is 8. The van der Waals surface area contributed by atoms with Crippen molar-refractivity contribution >= 4 is 17.2 Å². The molecule has 4 heterocycles. The first-order chi connectivity index (χ1) is 17.0. The highest BCUT2D eigenvalue weighted by atomic mass is 32.1. The predicted octanol–water partition coefficient (Wildman–Crippen LogP) is 4.38. The van der Waals surface area contributed by atoms with Gasteiger partial charge in [0.2, 0.25) is 5.88 Å². The summed E-state index contributed by atoms with van der Waals surface area (Å²) < 4.78 is 5.47. The summed E-state index contributed by atoms with van der Waals surface area (Å²) in [6.07, 6.45) is 5.79. The first kappa shape index (κ1) is 24.8. The minimum atomic E-state index is -0.235. The number of nitrogens with zero attached hydrogens (tertiary/aromatic N) is 5. The van der Waals surface area contributed by atoms with Gasteiger partial charge in [0.1, 0.15) is 22.3 Å². The third-order valence-corrected chi connectivity index (χ3v) is 7.57. The maximum Gasteiger partial charge on any atom is 0.270 e. The average Bonchev–Trinajstić information content (AvgIpc) is 3.38. The number of piperidine rings is 1. The molecule has 0 spiro atoms. The van der Waals surface area contributed by atoms with Crippen molar-refractivity contribution in [1.29, 1.82) is 5.26 Å². The van der Waals surface area contributed by atoms with Crippen LogP contribution in [0, 0.1) is 24.2 Å². The molecule has 182 valence electrons. The highest BCUT2D eigenvalue weighted by Crippen LogP contribution is 2.32. The van der Waals surface area contributed by atoms with Crippen LogP contribution in [0.4, 0.5) is 0 Å². The molecule has 0 radical (unpaired) electrons. The second-order valence-electron chi connectivity index (χ2n) is 8.70. The molecule has 1 amide bonds. The number of rotatable bonds is 8. The fourth-order valence-electron chi connectivity index (χ4n) is 4.28. The van der Waals surface area contributed by atoms with Crippen LogP contribution in [0.3, 0.4) is 0 Å². The SMILES string of the molecule is CCOc1nc(C(=O)NCC2CCN(C(C)c3cnc(-c4ccccn4)s3)CC2)cc(C)c1C#N. The minimum absolute atomic E-state index is 0.219. The molecule has 0 bridgehead atoms.